The number of carboxylic acid groups (broad SMARTS) is 1. The quantitative estimate of drug-likeness (QED) is 0.101. The van der Waals surface area contributed by atoms with Crippen LogP contribution < -0.4 is 0 Å². The van der Waals surface area contributed by atoms with Crippen molar-refractivity contribution in [2.24, 2.45) is 0 Å². The van der Waals surface area contributed by atoms with Crippen LogP contribution in [-0.2, 0) is 4.79 Å². The molecule has 156 valence electrons. The molecular weight excluding hydrogens is 435 g/mol. The van der Waals surface area contributed by atoms with Gasteiger partial charge in [0, 0.05) is 0 Å². The summed E-state index contributed by atoms with van der Waals surface area (Å²) in [5.74, 6) is -0.659. The predicted molar refractivity (Wildman–Crippen MR) is 123 cm³/mol. The van der Waals surface area contributed by atoms with Crippen LogP contribution in [0.4, 0.5) is 0 Å². The summed E-state index contributed by atoms with van der Waals surface area (Å²) in [5.41, 5.74) is 0. The maximum atomic E-state index is 10.7. The van der Waals surface area contributed by atoms with Crippen molar-refractivity contribution < 1.29 is 9.90 Å². The van der Waals surface area contributed by atoms with Crippen LogP contribution in [0, 0.1) is 0 Å². The number of aliphatic carboxylic acids is 1. The zero-order valence-electron chi connectivity index (χ0n) is 17.5. The Hall–Kier alpha value is 0.200. The molecule has 1 atom stereocenters. The van der Waals surface area contributed by atoms with Gasteiger partial charge in [0.1, 0.15) is 3.92 Å². The molecule has 0 aliphatic carbocycles. The van der Waals surface area contributed by atoms with Gasteiger partial charge in [-0.1, -0.05) is 152 Å². The Morgan fingerprint density at radius 2 is 0.885 bits per heavy atom. The molecule has 0 rings (SSSR count). The van der Waals surface area contributed by atoms with Gasteiger partial charge in [-0.05, 0) is 6.42 Å². The van der Waals surface area contributed by atoms with Crippen molar-refractivity contribution in [3.8, 4) is 0 Å². The maximum absolute atomic E-state index is 10.7. The molecule has 0 fully saturated rings. The number of carboxylic acids is 1. The van der Waals surface area contributed by atoms with E-state index < -0.39 is 5.97 Å². The van der Waals surface area contributed by atoms with Gasteiger partial charge in [-0.3, -0.25) is 4.79 Å². The summed E-state index contributed by atoms with van der Waals surface area (Å²) in [6, 6.07) is 0. The first kappa shape index (κ1) is 26.2. The molecule has 0 aromatic rings. The Morgan fingerprint density at radius 1 is 0.615 bits per heavy atom. The van der Waals surface area contributed by atoms with Gasteiger partial charge in [0.05, 0.1) is 0 Å². The molecule has 0 heterocycles. The van der Waals surface area contributed by atoms with Gasteiger partial charge in [0.15, 0.2) is 0 Å². The lowest BCUT2D eigenvalue weighted by atomic mass is 10.0. The second-order valence-corrected chi connectivity index (χ2v) is 9.46. The smallest absolute Gasteiger partial charge is 0.316 e. The molecule has 0 aliphatic heterocycles. The lowest BCUT2D eigenvalue weighted by Crippen LogP contribution is -2.11. The first-order chi connectivity index (χ1) is 12.7. The third-order valence-corrected chi connectivity index (χ3v) is 6.48. The first-order valence-corrected chi connectivity index (χ1v) is 12.8. The standard InChI is InChI=1S/C23H45IO2/c1-2-3-4-5-6-7-8-9-10-11-12-13-14-15-16-17-18-19-20-21-22(24)23(25)26/h22H,2-21H2,1H3,(H,25,26). The van der Waals surface area contributed by atoms with Crippen LogP contribution in [-0.4, -0.2) is 15.0 Å². The average Bonchev–Trinajstić information content (AvgIpc) is 2.63. The van der Waals surface area contributed by atoms with E-state index in [-0.39, 0.29) is 3.92 Å². The van der Waals surface area contributed by atoms with Crippen molar-refractivity contribution in [1.29, 1.82) is 0 Å². The van der Waals surface area contributed by atoms with E-state index in [0.717, 1.165) is 12.8 Å². The van der Waals surface area contributed by atoms with Crippen molar-refractivity contribution in [3.63, 3.8) is 0 Å². The lowest BCUT2D eigenvalue weighted by Gasteiger charge is -2.05. The molecule has 0 spiro atoms. The van der Waals surface area contributed by atoms with E-state index in [1.54, 1.807) is 0 Å². The van der Waals surface area contributed by atoms with Crippen molar-refractivity contribution in [1.82, 2.24) is 0 Å². The third kappa shape index (κ3) is 20.5. The molecule has 3 heteroatoms. The topological polar surface area (TPSA) is 37.3 Å². The van der Waals surface area contributed by atoms with E-state index in [0.29, 0.717) is 0 Å². The molecule has 0 saturated carbocycles. The molecule has 1 N–H and O–H groups in total. The Labute approximate surface area is 177 Å². The molecule has 0 aromatic heterocycles. The van der Waals surface area contributed by atoms with Crippen molar-refractivity contribution in [2.45, 2.75) is 139 Å². The Bertz CT molecular complexity index is 294. The average molecular weight is 481 g/mol. The van der Waals surface area contributed by atoms with Gasteiger partial charge < -0.3 is 5.11 Å². The van der Waals surface area contributed by atoms with Crippen LogP contribution in [0.25, 0.3) is 0 Å². The Kier molecular flexibility index (Phi) is 21.7. The van der Waals surface area contributed by atoms with E-state index in [1.807, 2.05) is 22.6 Å². The molecule has 26 heavy (non-hydrogen) atoms. The van der Waals surface area contributed by atoms with E-state index in [1.165, 1.54) is 116 Å². The molecule has 0 aromatic carbocycles. The van der Waals surface area contributed by atoms with Gasteiger partial charge in [0.2, 0.25) is 0 Å². The highest BCUT2D eigenvalue weighted by Gasteiger charge is 2.11. The number of alkyl halides is 1. The van der Waals surface area contributed by atoms with Crippen LogP contribution in [0.1, 0.15) is 135 Å². The van der Waals surface area contributed by atoms with Gasteiger partial charge in [0.25, 0.3) is 0 Å². The molecule has 0 aliphatic rings. The van der Waals surface area contributed by atoms with Crippen LogP contribution >= 0.6 is 22.6 Å². The summed E-state index contributed by atoms with van der Waals surface area (Å²) in [6.07, 6.45) is 27.1. The lowest BCUT2D eigenvalue weighted by molar-refractivity contribution is -0.136. The van der Waals surface area contributed by atoms with Crippen molar-refractivity contribution in [2.75, 3.05) is 0 Å². The minimum Gasteiger partial charge on any atom is -0.480 e. The normalized spacial score (nSPS) is 12.4. The summed E-state index contributed by atoms with van der Waals surface area (Å²) in [5, 5.41) is 8.83. The molecule has 0 saturated heterocycles. The van der Waals surface area contributed by atoms with Gasteiger partial charge >= 0.3 is 5.97 Å². The molecular formula is C23H45IO2. The summed E-state index contributed by atoms with van der Waals surface area (Å²) in [6.45, 7) is 2.29. The zero-order chi connectivity index (χ0) is 19.3. The highest BCUT2D eigenvalue weighted by atomic mass is 127. The minimum atomic E-state index is -0.659. The highest BCUT2D eigenvalue weighted by Crippen LogP contribution is 2.16. The van der Waals surface area contributed by atoms with Crippen LogP contribution in [0.2, 0.25) is 0 Å². The summed E-state index contributed by atoms with van der Waals surface area (Å²) in [7, 11) is 0. The largest absolute Gasteiger partial charge is 0.480 e. The van der Waals surface area contributed by atoms with E-state index in [2.05, 4.69) is 6.92 Å². The van der Waals surface area contributed by atoms with Gasteiger partial charge in [-0.2, -0.15) is 0 Å². The molecule has 0 amide bonds. The van der Waals surface area contributed by atoms with E-state index in [4.69, 9.17) is 5.11 Å². The number of hydrogen-bond acceptors (Lipinski definition) is 1. The third-order valence-electron chi connectivity index (χ3n) is 5.33. The van der Waals surface area contributed by atoms with Crippen LogP contribution in [0.3, 0.4) is 0 Å². The number of halogens is 1. The maximum Gasteiger partial charge on any atom is 0.316 e. The fourth-order valence-corrected chi connectivity index (χ4v) is 3.97. The zero-order valence-corrected chi connectivity index (χ0v) is 19.6. The summed E-state index contributed by atoms with van der Waals surface area (Å²) in [4.78, 5) is 10.7. The fourth-order valence-electron chi connectivity index (χ4n) is 3.53. The predicted octanol–water partition coefficient (Wildman–Crippen LogP) is 8.70. The highest BCUT2D eigenvalue weighted by molar-refractivity contribution is 14.1. The first-order valence-electron chi connectivity index (χ1n) is 11.5. The summed E-state index contributed by atoms with van der Waals surface area (Å²) < 4.78 is -0.196. The SMILES string of the molecule is CCCCCCCCCCCCCCCCCCCCCC(I)C(=O)O. The number of unbranched alkanes of at least 4 members (excludes halogenated alkanes) is 18. The minimum absolute atomic E-state index is 0.196. The second-order valence-electron chi connectivity index (χ2n) is 7.96. The number of carbonyl (C=O) groups is 1. The van der Waals surface area contributed by atoms with E-state index in [9.17, 15) is 4.79 Å². The Morgan fingerprint density at radius 3 is 1.15 bits per heavy atom. The molecule has 0 radical (unpaired) electrons. The van der Waals surface area contributed by atoms with Crippen molar-refractivity contribution >= 4 is 28.6 Å². The number of rotatable bonds is 21. The molecule has 1 unspecified atom stereocenters. The van der Waals surface area contributed by atoms with Gasteiger partial charge in [-0.25, -0.2) is 0 Å². The monoisotopic (exact) mass is 480 g/mol. The van der Waals surface area contributed by atoms with Crippen molar-refractivity contribution in [3.05, 3.63) is 0 Å². The Balaban J connectivity index is 3.04. The van der Waals surface area contributed by atoms with Crippen LogP contribution in [0.5, 0.6) is 0 Å². The molecule has 0 bridgehead atoms. The fraction of sp³-hybridized carbons (Fsp3) is 0.957. The summed E-state index contributed by atoms with van der Waals surface area (Å²) >= 11 is 2.04. The van der Waals surface area contributed by atoms with E-state index >= 15 is 0 Å². The molecule has 2 nitrogen and oxygen atoms in total. The van der Waals surface area contributed by atoms with Crippen LogP contribution in [0.15, 0.2) is 0 Å². The number of hydrogen-bond donors (Lipinski definition) is 1. The second kappa shape index (κ2) is 21.5. The van der Waals surface area contributed by atoms with Gasteiger partial charge in [-0.15, -0.1) is 0 Å².